The van der Waals surface area contributed by atoms with Crippen LogP contribution in [0, 0.1) is 56.2 Å². The largest absolute Gasteiger partial charge is 0.308 e. The molecule has 0 amide bonds. The van der Waals surface area contributed by atoms with Gasteiger partial charge in [-0.05, 0) is 107 Å². The van der Waals surface area contributed by atoms with E-state index < -0.39 is 5.82 Å². The summed E-state index contributed by atoms with van der Waals surface area (Å²) in [6.45, 7) is 8.32. The molecule has 0 aliphatic rings. The molecule has 0 aliphatic carbocycles. The summed E-state index contributed by atoms with van der Waals surface area (Å²) in [4.78, 5) is 0. The molecule has 0 unspecified atom stereocenters. The lowest BCUT2D eigenvalue weighted by molar-refractivity contribution is 0.630. The SMILES string of the molecule is Cc1ccc2c(c1)c1cc(C)ccc1n2-c1cc(C#N)cc(-n2c3ccc(C)cc3c3cc(C)ccc32)c1-c1ccc(C#N)cc1F. The van der Waals surface area contributed by atoms with Crippen LogP contribution in [0.4, 0.5) is 4.39 Å². The summed E-state index contributed by atoms with van der Waals surface area (Å²) in [6, 6.07) is 38.3. The van der Waals surface area contributed by atoms with Crippen molar-refractivity contribution in [3.05, 3.63) is 142 Å². The molecule has 0 aliphatic heterocycles. The Morgan fingerprint density at radius 1 is 0.468 bits per heavy atom. The second kappa shape index (κ2) is 10.4. The number of rotatable bonds is 3. The number of hydrogen-bond donors (Lipinski definition) is 0. The molecule has 224 valence electrons. The lowest BCUT2D eigenvalue weighted by atomic mass is 9.96. The molecule has 0 radical (unpaired) electrons. The molecule has 0 bridgehead atoms. The van der Waals surface area contributed by atoms with Gasteiger partial charge in [0.05, 0.1) is 56.7 Å². The van der Waals surface area contributed by atoms with Crippen molar-refractivity contribution < 1.29 is 4.39 Å². The zero-order chi connectivity index (χ0) is 32.6. The quantitative estimate of drug-likeness (QED) is 0.200. The number of nitrogens with zero attached hydrogens (tertiary/aromatic N) is 4. The molecule has 0 spiro atoms. The van der Waals surface area contributed by atoms with Crippen molar-refractivity contribution in [3.63, 3.8) is 0 Å². The number of fused-ring (bicyclic) bond motifs is 6. The predicted octanol–water partition coefficient (Wildman–Crippen LogP) is 10.7. The van der Waals surface area contributed by atoms with Crippen molar-refractivity contribution in [2.45, 2.75) is 27.7 Å². The summed E-state index contributed by atoms with van der Waals surface area (Å²) in [5.74, 6) is -0.504. The molecule has 0 saturated heterocycles. The van der Waals surface area contributed by atoms with E-state index in [2.05, 4.69) is 122 Å². The predicted molar refractivity (Wildman–Crippen MR) is 189 cm³/mol. The third kappa shape index (κ3) is 4.32. The second-order valence-corrected chi connectivity index (χ2v) is 12.6. The van der Waals surface area contributed by atoms with E-state index in [-0.39, 0.29) is 5.56 Å². The molecule has 8 aromatic rings. The van der Waals surface area contributed by atoms with Gasteiger partial charge in [-0.15, -0.1) is 0 Å². The van der Waals surface area contributed by atoms with Crippen molar-refractivity contribution in [2.24, 2.45) is 0 Å². The fraction of sp³-hybridized carbons (Fsp3) is 0.0952. The molecular weight excluding hydrogens is 579 g/mol. The van der Waals surface area contributed by atoms with Gasteiger partial charge in [-0.3, -0.25) is 0 Å². The van der Waals surface area contributed by atoms with Crippen molar-refractivity contribution >= 4 is 43.6 Å². The van der Waals surface area contributed by atoms with Crippen LogP contribution in [0.15, 0.2) is 103 Å². The van der Waals surface area contributed by atoms with E-state index in [1.165, 1.54) is 6.07 Å². The Morgan fingerprint density at radius 3 is 1.19 bits per heavy atom. The van der Waals surface area contributed by atoms with Crippen LogP contribution < -0.4 is 0 Å². The van der Waals surface area contributed by atoms with E-state index >= 15 is 4.39 Å². The zero-order valence-electron chi connectivity index (χ0n) is 26.5. The van der Waals surface area contributed by atoms with Gasteiger partial charge in [0.1, 0.15) is 5.82 Å². The first kappa shape index (κ1) is 28.3. The van der Waals surface area contributed by atoms with Crippen LogP contribution in [0.2, 0.25) is 0 Å². The van der Waals surface area contributed by atoms with Crippen LogP contribution in [-0.2, 0) is 0 Å². The van der Waals surface area contributed by atoms with Crippen LogP contribution in [0.3, 0.4) is 0 Å². The normalized spacial score (nSPS) is 11.5. The summed E-state index contributed by atoms with van der Waals surface area (Å²) in [5, 5.41) is 24.4. The Balaban J connectivity index is 1.62. The van der Waals surface area contributed by atoms with Gasteiger partial charge in [-0.1, -0.05) is 46.5 Å². The number of aryl methyl sites for hydroxylation is 4. The highest BCUT2D eigenvalue weighted by molar-refractivity contribution is 6.12. The van der Waals surface area contributed by atoms with E-state index in [0.717, 1.165) is 65.9 Å². The van der Waals surface area contributed by atoms with E-state index in [9.17, 15) is 10.5 Å². The van der Waals surface area contributed by atoms with Gasteiger partial charge in [-0.2, -0.15) is 10.5 Å². The third-order valence-electron chi connectivity index (χ3n) is 9.23. The molecular formula is C42H29FN4. The van der Waals surface area contributed by atoms with Crippen molar-refractivity contribution in [1.29, 1.82) is 10.5 Å². The first-order chi connectivity index (χ1) is 22.7. The molecule has 2 heterocycles. The first-order valence-corrected chi connectivity index (χ1v) is 15.6. The molecule has 0 saturated carbocycles. The van der Waals surface area contributed by atoms with Crippen LogP contribution in [0.1, 0.15) is 33.4 Å². The maximum atomic E-state index is 16.4. The van der Waals surface area contributed by atoms with Crippen LogP contribution in [-0.4, -0.2) is 9.13 Å². The number of nitriles is 2. The summed E-state index contributed by atoms with van der Waals surface area (Å²) in [5.41, 5.74) is 11.4. The number of hydrogen-bond acceptors (Lipinski definition) is 2. The topological polar surface area (TPSA) is 57.4 Å². The highest BCUT2D eigenvalue weighted by Gasteiger charge is 2.25. The minimum Gasteiger partial charge on any atom is -0.308 e. The van der Waals surface area contributed by atoms with Gasteiger partial charge in [0.2, 0.25) is 0 Å². The third-order valence-corrected chi connectivity index (χ3v) is 9.23. The van der Waals surface area contributed by atoms with E-state index in [0.29, 0.717) is 28.1 Å². The standard InChI is InChI=1S/C42H29FN4/c1-24-5-11-36-31(15-24)32-16-25(2)6-12-37(32)46(36)40-20-29(23-45)21-41(42(40)30-10-9-28(22-44)19-35(30)43)47-38-13-7-26(3)17-33(38)34-18-27(4)8-14-39(34)47/h5-21H,1-4H3. The lowest BCUT2D eigenvalue weighted by Gasteiger charge is -2.21. The minimum absolute atomic E-state index is 0.244. The maximum absolute atomic E-state index is 16.4. The van der Waals surface area contributed by atoms with Gasteiger partial charge in [0.25, 0.3) is 0 Å². The molecule has 5 heteroatoms. The molecule has 4 nitrogen and oxygen atoms in total. The number of aromatic nitrogens is 2. The van der Waals surface area contributed by atoms with Gasteiger partial charge < -0.3 is 9.13 Å². The molecule has 0 atom stereocenters. The highest BCUT2D eigenvalue weighted by Crippen LogP contribution is 2.44. The number of benzene rings is 6. The first-order valence-electron chi connectivity index (χ1n) is 15.6. The smallest absolute Gasteiger partial charge is 0.132 e. The second-order valence-electron chi connectivity index (χ2n) is 12.6. The van der Waals surface area contributed by atoms with Crippen molar-refractivity contribution in [1.82, 2.24) is 9.13 Å². The van der Waals surface area contributed by atoms with Gasteiger partial charge in [-0.25, -0.2) is 4.39 Å². The van der Waals surface area contributed by atoms with E-state index in [1.54, 1.807) is 12.1 Å². The molecule has 6 aromatic carbocycles. The summed E-state index contributed by atoms with van der Waals surface area (Å²) >= 11 is 0. The summed E-state index contributed by atoms with van der Waals surface area (Å²) in [6.07, 6.45) is 0. The molecule has 8 rings (SSSR count). The van der Waals surface area contributed by atoms with Crippen LogP contribution in [0.25, 0.3) is 66.1 Å². The fourth-order valence-corrected chi connectivity index (χ4v) is 7.11. The Hall–Kier alpha value is -6.17. The molecule has 2 aromatic heterocycles. The summed E-state index contributed by atoms with van der Waals surface area (Å²) in [7, 11) is 0. The van der Waals surface area contributed by atoms with Gasteiger partial charge in [0, 0.05) is 32.7 Å². The van der Waals surface area contributed by atoms with Crippen molar-refractivity contribution in [3.8, 4) is 34.6 Å². The molecule has 47 heavy (non-hydrogen) atoms. The molecule has 0 N–H and O–H groups in total. The number of halogens is 1. The van der Waals surface area contributed by atoms with Crippen molar-refractivity contribution in [2.75, 3.05) is 0 Å². The Kier molecular flexibility index (Phi) is 6.29. The Labute approximate surface area is 271 Å². The van der Waals surface area contributed by atoms with Crippen LogP contribution >= 0.6 is 0 Å². The van der Waals surface area contributed by atoms with Crippen LogP contribution in [0.5, 0.6) is 0 Å². The van der Waals surface area contributed by atoms with Gasteiger partial charge in [0.15, 0.2) is 0 Å². The average molecular weight is 609 g/mol. The Bertz CT molecular complexity index is 2440. The lowest BCUT2D eigenvalue weighted by Crippen LogP contribution is -2.06. The zero-order valence-corrected chi connectivity index (χ0v) is 26.5. The van der Waals surface area contributed by atoms with E-state index in [1.807, 2.05) is 12.1 Å². The van der Waals surface area contributed by atoms with E-state index in [4.69, 9.17) is 0 Å². The maximum Gasteiger partial charge on any atom is 0.132 e. The minimum atomic E-state index is -0.504. The fourth-order valence-electron chi connectivity index (χ4n) is 7.11. The summed E-state index contributed by atoms with van der Waals surface area (Å²) < 4.78 is 20.7. The molecule has 0 fully saturated rings. The Morgan fingerprint density at radius 2 is 0.851 bits per heavy atom. The highest BCUT2D eigenvalue weighted by atomic mass is 19.1. The monoisotopic (exact) mass is 608 g/mol. The van der Waals surface area contributed by atoms with Gasteiger partial charge >= 0.3 is 0 Å². The average Bonchev–Trinajstić information content (AvgIpc) is 3.55.